The maximum Gasteiger partial charge on any atom is 0.281 e. The minimum atomic E-state index is -0.245. The zero-order valence-corrected chi connectivity index (χ0v) is 14.8. The number of fused-ring (bicyclic) bond motifs is 1. The summed E-state index contributed by atoms with van der Waals surface area (Å²) in [6, 6.07) is 10.6. The smallest absolute Gasteiger partial charge is 0.281 e. The molecule has 0 fully saturated rings. The van der Waals surface area contributed by atoms with E-state index in [0.29, 0.717) is 39.3 Å². The Kier molecular flexibility index (Phi) is 3.89. The predicted molar refractivity (Wildman–Crippen MR) is 98.9 cm³/mol. The number of nitrogens with one attached hydrogen (secondary N) is 1. The molecule has 0 radical (unpaired) electrons. The minimum Gasteiger partial charge on any atom is -0.293 e. The summed E-state index contributed by atoms with van der Waals surface area (Å²) in [7, 11) is 0. The van der Waals surface area contributed by atoms with E-state index in [-0.39, 0.29) is 5.56 Å². The Hall–Kier alpha value is -3.26. The molecule has 8 nitrogen and oxygen atoms in total. The van der Waals surface area contributed by atoms with E-state index in [1.54, 1.807) is 48.7 Å². The molecule has 0 unspecified atom stereocenters. The molecule has 4 aromatic rings. The van der Waals surface area contributed by atoms with Gasteiger partial charge in [0, 0.05) is 16.9 Å². The molecule has 3 heterocycles. The number of benzene rings is 1. The van der Waals surface area contributed by atoms with Crippen molar-refractivity contribution in [3.05, 3.63) is 68.9 Å². The van der Waals surface area contributed by atoms with Crippen LogP contribution in [-0.4, -0.2) is 35.8 Å². The summed E-state index contributed by atoms with van der Waals surface area (Å²) in [4.78, 5) is 17.1. The maximum atomic E-state index is 12.8. The van der Waals surface area contributed by atoms with Crippen molar-refractivity contribution in [1.82, 2.24) is 29.6 Å². The number of halogens is 1. The topological polar surface area (TPSA) is 93.2 Å². The van der Waals surface area contributed by atoms with Gasteiger partial charge in [0.1, 0.15) is 0 Å². The lowest BCUT2D eigenvalue weighted by Gasteiger charge is -2.01. The number of aliphatic imine (C=N–C) groups is 1. The summed E-state index contributed by atoms with van der Waals surface area (Å²) >= 11 is 5.96. The van der Waals surface area contributed by atoms with E-state index in [1.807, 2.05) is 6.07 Å². The lowest BCUT2D eigenvalue weighted by atomic mass is 10.3. The molecule has 3 aromatic heterocycles. The molecule has 0 amide bonds. The van der Waals surface area contributed by atoms with Crippen molar-refractivity contribution in [3.63, 3.8) is 0 Å². The number of hydrogen-bond donors (Lipinski definition) is 1. The summed E-state index contributed by atoms with van der Waals surface area (Å²) < 4.78 is 2.95. The molecule has 9 heteroatoms. The fraction of sp³-hybridized carbons (Fsp3) is 0.118. The number of aromatic amines is 1. The van der Waals surface area contributed by atoms with Crippen LogP contribution in [0.1, 0.15) is 17.1 Å². The van der Waals surface area contributed by atoms with Gasteiger partial charge < -0.3 is 0 Å². The van der Waals surface area contributed by atoms with Gasteiger partial charge in [-0.05, 0) is 44.2 Å². The summed E-state index contributed by atoms with van der Waals surface area (Å²) in [5.74, 6) is 1.08. The van der Waals surface area contributed by atoms with Gasteiger partial charge in [0.05, 0.1) is 11.3 Å². The van der Waals surface area contributed by atoms with Gasteiger partial charge in [0.2, 0.25) is 0 Å². The van der Waals surface area contributed by atoms with Crippen molar-refractivity contribution in [3.8, 4) is 5.82 Å². The Bertz CT molecular complexity index is 1200. The lowest BCUT2D eigenvalue weighted by Crippen LogP contribution is -2.19. The fourth-order valence-corrected chi connectivity index (χ4v) is 2.76. The van der Waals surface area contributed by atoms with Crippen molar-refractivity contribution in [2.75, 3.05) is 0 Å². The predicted octanol–water partition coefficient (Wildman–Crippen LogP) is 2.62. The van der Waals surface area contributed by atoms with Crippen LogP contribution < -0.4 is 5.56 Å². The fourth-order valence-electron chi connectivity index (χ4n) is 2.57. The highest BCUT2D eigenvalue weighted by Crippen LogP contribution is 2.17. The van der Waals surface area contributed by atoms with Gasteiger partial charge in [0.15, 0.2) is 17.3 Å². The Morgan fingerprint density at radius 3 is 2.85 bits per heavy atom. The van der Waals surface area contributed by atoms with Crippen LogP contribution in [0.4, 0.5) is 5.69 Å². The van der Waals surface area contributed by atoms with Crippen molar-refractivity contribution in [2.24, 2.45) is 4.99 Å². The molecule has 0 bridgehead atoms. The summed E-state index contributed by atoms with van der Waals surface area (Å²) in [5, 5.41) is 16.0. The van der Waals surface area contributed by atoms with Crippen LogP contribution in [0, 0.1) is 13.8 Å². The van der Waals surface area contributed by atoms with Crippen LogP contribution in [0.25, 0.3) is 11.5 Å². The zero-order chi connectivity index (χ0) is 18.3. The number of aromatic nitrogens is 6. The Labute approximate surface area is 152 Å². The molecule has 0 saturated carbocycles. The second kappa shape index (κ2) is 6.23. The van der Waals surface area contributed by atoms with Crippen LogP contribution in [0.2, 0.25) is 5.02 Å². The van der Waals surface area contributed by atoms with Crippen LogP contribution in [0.15, 0.2) is 46.2 Å². The molecular weight excluding hydrogens is 354 g/mol. The number of aryl methyl sites for hydroxylation is 2. The van der Waals surface area contributed by atoms with Crippen LogP contribution >= 0.6 is 11.6 Å². The van der Waals surface area contributed by atoms with E-state index in [9.17, 15) is 4.79 Å². The lowest BCUT2D eigenvalue weighted by molar-refractivity contribution is 0.755. The summed E-state index contributed by atoms with van der Waals surface area (Å²) in [6.07, 6.45) is 1.53. The first-order chi connectivity index (χ1) is 12.5. The normalized spacial score (nSPS) is 11.7. The van der Waals surface area contributed by atoms with Crippen LogP contribution in [-0.2, 0) is 0 Å². The van der Waals surface area contributed by atoms with Gasteiger partial charge in [-0.1, -0.05) is 17.7 Å². The third-order valence-electron chi connectivity index (χ3n) is 3.90. The number of H-pyrrole nitrogens is 1. The van der Waals surface area contributed by atoms with E-state index in [2.05, 4.69) is 25.4 Å². The van der Waals surface area contributed by atoms with E-state index in [4.69, 9.17) is 11.6 Å². The maximum absolute atomic E-state index is 12.8. The van der Waals surface area contributed by atoms with E-state index in [1.165, 1.54) is 10.9 Å². The number of rotatable bonds is 3. The SMILES string of the molecule is Cc1[nH]n(-c2ccc3nnc(C)n3n2)c(=O)c1C=Nc1cccc(Cl)c1. The zero-order valence-electron chi connectivity index (χ0n) is 14.0. The van der Waals surface area contributed by atoms with Crippen LogP contribution in [0.3, 0.4) is 0 Å². The average molecular weight is 368 g/mol. The van der Waals surface area contributed by atoms with Crippen molar-refractivity contribution >= 4 is 29.2 Å². The third-order valence-corrected chi connectivity index (χ3v) is 4.14. The van der Waals surface area contributed by atoms with Gasteiger partial charge in [-0.15, -0.1) is 15.3 Å². The van der Waals surface area contributed by atoms with Gasteiger partial charge in [0.25, 0.3) is 5.56 Å². The largest absolute Gasteiger partial charge is 0.293 e. The van der Waals surface area contributed by atoms with Crippen molar-refractivity contribution in [2.45, 2.75) is 13.8 Å². The quantitative estimate of drug-likeness (QED) is 0.563. The molecule has 26 heavy (non-hydrogen) atoms. The first-order valence-corrected chi connectivity index (χ1v) is 8.21. The number of hydrogen-bond acceptors (Lipinski definition) is 5. The van der Waals surface area contributed by atoms with Gasteiger partial charge in [-0.2, -0.15) is 9.20 Å². The second-order valence-electron chi connectivity index (χ2n) is 5.74. The molecule has 4 rings (SSSR count). The average Bonchev–Trinajstić information content (AvgIpc) is 3.13. The van der Waals surface area contributed by atoms with E-state index >= 15 is 0 Å². The highest BCUT2D eigenvalue weighted by atomic mass is 35.5. The van der Waals surface area contributed by atoms with Gasteiger partial charge >= 0.3 is 0 Å². The first-order valence-electron chi connectivity index (χ1n) is 7.83. The highest BCUT2D eigenvalue weighted by Gasteiger charge is 2.13. The third kappa shape index (κ3) is 2.80. The second-order valence-corrected chi connectivity index (χ2v) is 6.17. The molecule has 0 aliphatic rings. The Morgan fingerprint density at radius 1 is 1.19 bits per heavy atom. The number of nitrogens with zero attached hydrogens (tertiary/aromatic N) is 6. The van der Waals surface area contributed by atoms with Crippen LogP contribution in [0.5, 0.6) is 0 Å². The molecule has 130 valence electrons. The molecule has 1 aromatic carbocycles. The van der Waals surface area contributed by atoms with Crippen molar-refractivity contribution in [1.29, 1.82) is 0 Å². The molecule has 0 saturated heterocycles. The Morgan fingerprint density at radius 2 is 2.04 bits per heavy atom. The molecule has 0 spiro atoms. The molecule has 1 N–H and O–H groups in total. The van der Waals surface area contributed by atoms with Gasteiger partial charge in [-0.3, -0.25) is 14.9 Å². The highest BCUT2D eigenvalue weighted by molar-refractivity contribution is 6.30. The van der Waals surface area contributed by atoms with Gasteiger partial charge in [-0.25, -0.2) is 0 Å². The Balaban J connectivity index is 1.76. The molecular formula is C17H14ClN7O. The molecule has 0 aliphatic heterocycles. The summed E-state index contributed by atoms with van der Waals surface area (Å²) in [5.41, 5.74) is 2.18. The molecule has 0 atom stereocenters. The monoisotopic (exact) mass is 367 g/mol. The standard InChI is InChI=1S/C17H14ClN7O/c1-10-14(9-19-13-5-3-4-12(18)8-13)17(26)25(22-10)16-7-6-15-21-20-11(2)24(15)23-16/h3-9,22H,1-2H3. The summed E-state index contributed by atoms with van der Waals surface area (Å²) in [6.45, 7) is 3.60. The first kappa shape index (κ1) is 16.2. The van der Waals surface area contributed by atoms with E-state index in [0.717, 1.165) is 0 Å². The minimum absolute atomic E-state index is 0.245. The van der Waals surface area contributed by atoms with E-state index < -0.39 is 0 Å². The molecule has 0 aliphatic carbocycles. The van der Waals surface area contributed by atoms with Crippen molar-refractivity contribution < 1.29 is 0 Å².